The van der Waals surface area contributed by atoms with Crippen molar-refractivity contribution in [1.29, 1.82) is 0 Å². The van der Waals surface area contributed by atoms with E-state index in [2.05, 4.69) is 51.3 Å². The number of anilines is 1. The van der Waals surface area contributed by atoms with Crippen LogP contribution in [-0.4, -0.2) is 30.3 Å². The van der Waals surface area contributed by atoms with Crippen LogP contribution in [0, 0.1) is 5.92 Å². The van der Waals surface area contributed by atoms with Gasteiger partial charge >= 0.3 is 0 Å². The molecule has 1 saturated carbocycles. The van der Waals surface area contributed by atoms with Crippen molar-refractivity contribution < 1.29 is 5.11 Å². The Hall–Kier alpha value is -0.580. The van der Waals surface area contributed by atoms with Crippen molar-refractivity contribution in [2.75, 3.05) is 18.0 Å². The van der Waals surface area contributed by atoms with Gasteiger partial charge in [-0.1, -0.05) is 22.9 Å². The van der Waals surface area contributed by atoms with E-state index in [0.717, 1.165) is 30.5 Å². The van der Waals surface area contributed by atoms with Crippen molar-refractivity contribution in [1.82, 2.24) is 5.32 Å². The number of β-amino-alcohol motifs (C(OH)–C–C–N with tert-alkyl or cyclic N) is 1. The summed E-state index contributed by atoms with van der Waals surface area (Å²) in [4.78, 5) is 2.33. The van der Waals surface area contributed by atoms with E-state index in [1.54, 1.807) is 0 Å². The largest absolute Gasteiger partial charge is 0.391 e. The summed E-state index contributed by atoms with van der Waals surface area (Å²) in [7, 11) is 0. The Morgan fingerprint density at radius 3 is 2.85 bits per heavy atom. The predicted octanol–water partition coefficient (Wildman–Crippen LogP) is 2.91. The zero-order valence-electron chi connectivity index (χ0n) is 12.0. The van der Waals surface area contributed by atoms with Crippen LogP contribution in [0.3, 0.4) is 0 Å². The summed E-state index contributed by atoms with van der Waals surface area (Å²) < 4.78 is 1.12. The highest BCUT2D eigenvalue weighted by Crippen LogP contribution is 2.29. The lowest BCUT2D eigenvalue weighted by Crippen LogP contribution is -2.43. The molecule has 2 aliphatic rings. The molecule has 1 aromatic carbocycles. The topological polar surface area (TPSA) is 35.5 Å². The maximum Gasteiger partial charge on any atom is 0.0741 e. The molecule has 1 aliphatic carbocycles. The number of nitrogens with zero attached hydrogens (tertiary/aromatic N) is 1. The van der Waals surface area contributed by atoms with Gasteiger partial charge in [0, 0.05) is 35.8 Å². The Morgan fingerprint density at radius 2 is 2.15 bits per heavy atom. The fraction of sp³-hybridized carbons (Fsp3) is 0.625. The zero-order valence-corrected chi connectivity index (χ0v) is 13.6. The van der Waals surface area contributed by atoms with Crippen LogP contribution >= 0.6 is 15.9 Å². The monoisotopic (exact) mass is 338 g/mol. The summed E-state index contributed by atoms with van der Waals surface area (Å²) in [5.74, 6) is 0.412. The molecule has 1 heterocycles. The number of hydrogen-bond donors (Lipinski definition) is 2. The van der Waals surface area contributed by atoms with Crippen LogP contribution in [0.5, 0.6) is 0 Å². The lowest BCUT2D eigenvalue weighted by molar-refractivity contribution is 0.103. The molecule has 0 spiro atoms. The minimum Gasteiger partial charge on any atom is -0.391 e. The average Bonchev–Trinajstić information content (AvgIpc) is 3.24. The molecule has 2 atom stereocenters. The fourth-order valence-electron chi connectivity index (χ4n) is 2.81. The Labute approximate surface area is 129 Å². The Balaban J connectivity index is 1.76. The summed E-state index contributed by atoms with van der Waals surface area (Å²) in [5, 5.41) is 13.7. The molecule has 1 aliphatic heterocycles. The second kappa shape index (κ2) is 6.04. The molecule has 0 aromatic heterocycles. The number of rotatable bonds is 4. The van der Waals surface area contributed by atoms with Crippen molar-refractivity contribution in [3.8, 4) is 0 Å². The summed E-state index contributed by atoms with van der Waals surface area (Å²) >= 11 is 3.57. The first kappa shape index (κ1) is 14.4. The van der Waals surface area contributed by atoms with E-state index >= 15 is 0 Å². The number of aliphatic hydroxyl groups is 1. The van der Waals surface area contributed by atoms with Crippen LogP contribution in [0.4, 0.5) is 5.69 Å². The zero-order chi connectivity index (χ0) is 14.1. The molecule has 4 heteroatoms. The summed E-state index contributed by atoms with van der Waals surface area (Å²) in [6.45, 7) is 4.84. The molecule has 2 fully saturated rings. The third-order valence-corrected chi connectivity index (χ3v) is 4.95. The Morgan fingerprint density at radius 1 is 1.35 bits per heavy atom. The maximum absolute atomic E-state index is 10.1. The molecule has 3 rings (SSSR count). The number of nitrogens with one attached hydrogen (secondary N) is 1. The number of halogens is 1. The third-order valence-electron chi connectivity index (χ3n) is 4.46. The highest BCUT2D eigenvalue weighted by molar-refractivity contribution is 9.10. The molecule has 2 unspecified atom stereocenters. The van der Waals surface area contributed by atoms with Crippen LogP contribution < -0.4 is 10.2 Å². The fourth-order valence-corrected chi connectivity index (χ4v) is 3.22. The standard InChI is InChI=1S/C16H23BrN2O/c1-11-6-7-19(10-16(11)20)15-5-2-13(17)8-12(15)9-18-14-3-4-14/h2,5,8,11,14,16,18,20H,3-4,6-7,9-10H2,1H3. The van der Waals surface area contributed by atoms with Crippen LogP contribution in [0.25, 0.3) is 0 Å². The van der Waals surface area contributed by atoms with Crippen LogP contribution in [0.15, 0.2) is 22.7 Å². The number of hydrogen-bond acceptors (Lipinski definition) is 3. The number of piperidine rings is 1. The molecule has 1 aromatic rings. The quantitative estimate of drug-likeness (QED) is 0.885. The van der Waals surface area contributed by atoms with Crippen LogP contribution in [0.1, 0.15) is 31.7 Å². The van der Waals surface area contributed by atoms with E-state index < -0.39 is 0 Å². The maximum atomic E-state index is 10.1. The first-order valence-electron chi connectivity index (χ1n) is 7.58. The Kier molecular flexibility index (Phi) is 4.34. The van der Waals surface area contributed by atoms with Gasteiger partial charge in [-0.25, -0.2) is 0 Å². The second-order valence-electron chi connectivity index (χ2n) is 6.21. The average molecular weight is 339 g/mol. The van der Waals surface area contributed by atoms with Gasteiger partial charge in [-0.3, -0.25) is 0 Å². The molecule has 0 bridgehead atoms. The van der Waals surface area contributed by atoms with E-state index in [4.69, 9.17) is 0 Å². The molecular weight excluding hydrogens is 316 g/mol. The van der Waals surface area contributed by atoms with Gasteiger partial charge in [0.2, 0.25) is 0 Å². The minimum absolute atomic E-state index is 0.211. The summed E-state index contributed by atoms with van der Waals surface area (Å²) in [5.41, 5.74) is 2.60. The first-order chi connectivity index (χ1) is 9.63. The van der Waals surface area contributed by atoms with Gasteiger partial charge in [0.15, 0.2) is 0 Å². The molecule has 0 amide bonds. The normalized spacial score (nSPS) is 26.9. The van der Waals surface area contributed by atoms with E-state index in [9.17, 15) is 5.11 Å². The summed E-state index contributed by atoms with van der Waals surface area (Å²) in [6, 6.07) is 7.19. The van der Waals surface area contributed by atoms with Gasteiger partial charge in [0.05, 0.1) is 6.10 Å². The molecular formula is C16H23BrN2O. The molecule has 2 N–H and O–H groups in total. The highest BCUT2D eigenvalue weighted by atomic mass is 79.9. The van der Waals surface area contributed by atoms with E-state index in [1.807, 2.05) is 0 Å². The van der Waals surface area contributed by atoms with E-state index in [1.165, 1.54) is 24.1 Å². The smallest absolute Gasteiger partial charge is 0.0741 e. The second-order valence-corrected chi connectivity index (χ2v) is 7.12. The molecule has 1 saturated heterocycles. The van der Waals surface area contributed by atoms with Gasteiger partial charge in [-0.05, 0) is 48.9 Å². The van der Waals surface area contributed by atoms with Crippen molar-refractivity contribution in [3.05, 3.63) is 28.2 Å². The Bertz CT molecular complexity index is 476. The highest BCUT2D eigenvalue weighted by Gasteiger charge is 2.26. The third kappa shape index (κ3) is 3.35. The van der Waals surface area contributed by atoms with Crippen molar-refractivity contribution in [2.45, 2.75) is 44.9 Å². The molecule has 3 nitrogen and oxygen atoms in total. The van der Waals surface area contributed by atoms with Crippen molar-refractivity contribution in [2.24, 2.45) is 5.92 Å². The SMILES string of the molecule is CC1CCN(c2ccc(Br)cc2CNC2CC2)CC1O. The van der Waals surface area contributed by atoms with Gasteiger partial charge < -0.3 is 15.3 Å². The molecule has 110 valence electrons. The predicted molar refractivity (Wildman–Crippen MR) is 86.0 cm³/mol. The van der Waals surface area contributed by atoms with Gasteiger partial charge in [0.1, 0.15) is 0 Å². The van der Waals surface area contributed by atoms with Crippen LogP contribution in [0.2, 0.25) is 0 Å². The van der Waals surface area contributed by atoms with Crippen LogP contribution in [-0.2, 0) is 6.54 Å². The van der Waals surface area contributed by atoms with E-state index in [0.29, 0.717) is 12.0 Å². The van der Waals surface area contributed by atoms with Crippen molar-refractivity contribution in [3.63, 3.8) is 0 Å². The lowest BCUT2D eigenvalue weighted by Gasteiger charge is -2.37. The molecule has 0 radical (unpaired) electrons. The van der Waals surface area contributed by atoms with Gasteiger partial charge in [0.25, 0.3) is 0 Å². The van der Waals surface area contributed by atoms with Gasteiger partial charge in [-0.2, -0.15) is 0 Å². The number of benzene rings is 1. The van der Waals surface area contributed by atoms with E-state index in [-0.39, 0.29) is 6.10 Å². The summed E-state index contributed by atoms with van der Waals surface area (Å²) in [6.07, 6.45) is 3.47. The van der Waals surface area contributed by atoms with Gasteiger partial charge in [-0.15, -0.1) is 0 Å². The lowest BCUT2D eigenvalue weighted by atomic mass is 9.95. The minimum atomic E-state index is -0.211. The first-order valence-corrected chi connectivity index (χ1v) is 8.37. The number of aliphatic hydroxyl groups excluding tert-OH is 1. The molecule has 20 heavy (non-hydrogen) atoms. The van der Waals surface area contributed by atoms with Crippen molar-refractivity contribution >= 4 is 21.6 Å².